The fourth-order valence-electron chi connectivity index (χ4n) is 3.58. The Morgan fingerprint density at radius 1 is 1.17 bits per heavy atom. The number of pyridine rings is 1. The first-order valence-corrected chi connectivity index (χ1v) is 8.48. The maximum atomic E-state index is 10.2. The van der Waals surface area contributed by atoms with Crippen molar-refractivity contribution < 1.29 is 5.11 Å². The van der Waals surface area contributed by atoms with Crippen LogP contribution in [0.3, 0.4) is 0 Å². The Morgan fingerprint density at radius 3 is 2.57 bits per heavy atom. The minimum atomic E-state index is -0.409. The van der Waals surface area contributed by atoms with E-state index in [9.17, 15) is 5.11 Å². The molecule has 0 saturated carbocycles. The number of rotatable bonds is 3. The second-order valence-electron chi connectivity index (χ2n) is 6.83. The zero-order valence-corrected chi connectivity index (χ0v) is 14.5. The molecule has 1 aromatic carbocycles. The molecule has 3 rings (SSSR count). The Labute approximate surface area is 138 Å². The molecule has 0 saturated heterocycles. The smallest absolute Gasteiger partial charge is 0.0962 e. The van der Waals surface area contributed by atoms with Gasteiger partial charge < -0.3 is 10.4 Å². The van der Waals surface area contributed by atoms with Crippen LogP contribution in [0.4, 0.5) is 5.69 Å². The minimum Gasteiger partial charge on any atom is -0.387 e. The Balaban J connectivity index is 1.87. The lowest BCUT2D eigenvalue weighted by Gasteiger charge is -2.24. The van der Waals surface area contributed by atoms with Gasteiger partial charge in [-0.15, -0.1) is 0 Å². The lowest BCUT2D eigenvalue weighted by Crippen LogP contribution is -2.16. The van der Waals surface area contributed by atoms with Crippen LogP contribution >= 0.6 is 0 Å². The summed E-state index contributed by atoms with van der Waals surface area (Å²) in [5, 5.41) is 13.8. The first kappa shape index (κ1) is 16.0. The molecule has 1 heterocycles. The van der Waals surface area contributed by atoms with Gasteiger partial charge in [0.25, 0.3) is 0 Å². The van der Waals surface area contributed by atoms with Crippen molar-refractivity contribution in [1.29, 1.82) is 0 Å². The molecule has 0 spiro atoms. The number of aliphatic hydroxyl groups excluding tert-OH is 1. The summed E-state index contributed by atoms with van der Waals surface area (Å²) in [6.07, 6.45) is 2.48. The number of aryl methyl sites for hydroxylation is 4. The van der Waals surface area contributed by atoms with Gasteiger partial charge >= 0.3 is 0 Å². The quantitative estimate of drug-likeness (QED) is 0.874. The number of anilines is 1. The minimum absolute atomic E-state index is 0.106. The second kappa shape index (κ2) is 6.32. The summed E-state index contributed by atoms with van der Waals surface area (Å²) in [6, 6.07) is 8.73. The topological polar surface area (TPSA) is 45.2 Å². The molecule has 0 fully saturated rings. The number of fused-ring (bicyclic) bond motifs is 1. The van der Waals surface area contributed by atoms with Crippen molar-refractivity contribution in [1.82, 2.24) is 4.98 Å². The van der Waals surface area contributed by atoms with E-state index >= 15 is 0 Å². The van der Waals surface area contributed by atoms with Crippen molar-refractivity contribution in [2.24, 2.45) is 0 Å². The molecule has 2 atom stereocenters. The number of aromatic nitrogens is 1. The van der Waals surface area contributed by atoms with Crippen LogP contribution in [-0.2, 0) is 6.42 Å². The number of aliphatic hydroxyl groups is 1. The van der Waals surface area contributed by atoms with Crippen LogP contribution in [0.2, 0.25) is 0 Å². The second-order valence-corrected chi connectivity index (χ2v) is 6.83. The van der Waals surface area contributed by atoms with Crippen molar-refractivity contribution in [2.45, 2.75) is 59.1 Å². The van der Waals surface area contributed by atoms with E-state index in [0.29, 0.717) is 0 Å². The molecular formula is C20H26N2O. The SMILES string of the molecule is Cc1cc(C)c(NC(C)c2ccc3c(n2)C(O)CCC3)c(C)c1. The fourth-order valence-corrected chi connectivity index (χ4v) is 3.58. The van der Waals surface area contributed by atoms with Crippen LogP contribution in [0, 0.1) is 20.8 Å². The van der Waals surface area contributed by atoms with Crippen molar-refractivity contribution in [3.8, 4) is 0 Å². The molecule has 0 radical (unpaired) electrons. The predicted molar refractivity (Wildman–Crippen MR) is 94.8 cm³/mol. The third-order valence-electron chi connectivity index (χ3n) is 4.75. The van der Waals surface area contributed by atoms with Crippen LogP contribution in [-0.4, -0.2) is 10.1 Å². The largest absolute Gasteiger partial charge is 0.387 e. The van der Waals surface area contributed by atoms with Gasteiger partial charge in [-0.1, -0.05) is 23.8 Å². The highest BCUT2D eigenvalue weighted by Gasteiger charge is 2.21. The number of hydrogen-bond acceptors (Lipinski definition) is 3. The van der Waals surface area contributed by atoms with E-state index in [1.165, 1.54) is 27.9 Å². The normalized spacial score (nSPS) is 18.4. The van der Waals surface area contributed by atoms with E-state index in [2.05, 4.69) is 57.3 Å². The summed E-state index contributed by atoms with van der Waals surface area (Å²) in [6.45, 7) is 8.53. The van der Waals surface area contributed by atoms with Crippen molar-refractivity contribution in [3.05, 3.63) is 57.9 Å². The van der Waals surface area contributed by atoms with Crippen molar-refractivity contribution in [3.63, 3.8) is 0 Å². The van der Waals surface area contributed by atoms with Crippen molar-refractivity contribution >= 4 is 5.69 Å². The highest BCUT2D eigenvalue weighted by Crippen LogP contribution is 2.31. The average Bonchev–Trinajstić information content (AvgIpc) is 2.50. The first-order valence-electron chi connectivity index (χ1n) is 8.48. The van der Waals surface area contributed by atoms with E-state index in [4.69, 9.17) is 4.98 Å². The summed E-state index contributed by atoms with van der Waals surface area (Å²) >= 11 is 0. The van der Waals surface area contributed by atoms with Gasteiger partial charge in [-0.3, -0.25) is 4.98 Å². The highest BCUT2D eigenvalue weighted by atomic mass is 16.3. The van der Waals surface area contributed by atoms with Crippen LogP contribution < -0.4 is 5.32 Å². The Morgan fingerprint density at radius 2 is 1.87 bits per heavy atom. The predicted octanol–water partition coefficient (Wildman–Crippen LogP) is 4.55. The van der Waals surface area contributed by atoms with Gasteiger partial charge in [0.15, 0.2) is 0 Å². The summed E-state index contributed by atoms with van der Waals surface area (Å²) < 4.78 is 0. The van der Waals surface area contributed by atoms with Crippen LogP contribution in [0.1, 0.15) is 65.6 Å². The van der Waals surface area contributed by atoms with Gasteiger partial charge in [0, 0.05) is 5.69 Å². The molecule has 1 aliphatic rings. The molecule has 3 heteroatoms. The van der Waals surface area contributed by atoms with E-state index < -0.39 is 6.10 Å². The molecule has 1 aromatic heterocycles. The third-order valence-corrected chi connectivity index (χ3v) is 4.75. The van der Waals surface area contributed by atoms with E-state index in [-0.39, 0.29) is 6.04 Å². The molecule has 2 aromatic rings. The zero-order valence-electron chi connectivity index (χ0n) is 14.5. The number of nitrogens with zero attached hydrogens (tertiary/aromatic N) is 1. The number of nitrogens with one attached hydrogen (secondary N) is 1. The number of benzene rings is 1. The Hall–Kier alpha value is -1.87. The highest BCUT2D eigenvalue weighted by molar-refractivity contribution is 5.59. The van der Waals surface area contributed by atoms with Crippen LogP contribution in [0.15, 0.2) is 24.3 Å². The van der Waals surface area contributed by atoms with Crippen LogP contribution in [0.25, 0.3) is 0 Å². The maximum Gasteiger partial charge on any atom is 0.0962 e. The molecule has 0 amide bonds. The lowest BCUT2D eigenvalue weighted by molar-refractivity contribution is 0.151. The van der Waals surface area contributed by atoms with E-state index in [1.807, 2.05) is 0 Å². The molecule has 2 unspecified atom stereocenters. The molecule has 122 valence electrons. The van der Waals surface area contributed by atoms with E-state index in [0.717, 1.165) is 30.7 Å². The Bertz CT molecular complexity index is 701. The van der Waals surface area contributed by atoms with Gasteiger partial charge in [0.1, 0.15) is 0 Å². The van der Waals surface area contributed by atoms with Gasteiger partial charge in [-0.25, -0.2) is 0 Å². The van der Waals surface area contributed by atoms with Gasteiger partial charge in [0.2, 0.25) is 0 Å². The number of hydrogen-bond donors (Lipinski definition) is 2. The first-order chi connectivity index (χ1) is 11.0. The molecule has 2 N–H and O–H groups in total. The van der Waals surface area contributed by atoms with E-state index in [1.54, 1.807) is 0 Å². The summed E-state index contributed by atoms with van der Waals surface area (Å²) in [5.74, 6) is 0. The molecule has 0 aliphatic heterocycles. The molecule has 1 aliphatic carbocycles. The standard InChI is InChI=1S/C20H26N2O/c1-12-10-13(2)19(14(3)11-12)21-15(4)17-9-8-16-6-5-7-18(23)20(16)22-17/h8-11,15,18,21,23H,5-7H2,1-4H3. The third kappa shape index (κ3) is 3.25. The summed E-state index contributed by atoms with van der Waals surface area (Å²) in [4.78, 5) is 4.75. The van der Waals surface area contributed by atoms with Crippen molar-refractivity contribution in [2.75, 3.05) is 5.32 Å². The lowest BCUT2D eigenvalue weighted by atomic mass is 9.93. The monoisotopic (exact) mass is 310 g/mol. The molecular weight excluding hydrogens is 284 g/mol. The molecule has 0 bridgehead atoms. The summed E-state index contributed by atoms with van der Waals surface area (Å²) in [5.41, 5.74) is 8.04. The Kier molecular flexibility index (Phi) is 4.40. The van der Waals surface area contributed by atoms with Gasteiger partial charge in [-0.2, -0.15) is 0 Å². The fraction of sp³-hybridized carbons (Fsp3) is 0.450. The maximum absolute atomic E-state index is 10.2. The summed E-state index contributed by atoms with van der Waals surface area (Å²) in [7, 11) is 0. The van der Waals surface area contributed by atoms with Crippen LogP contribution in [0.5, 0.6) is 0 Å². The average molecular weight is 310 g/mol. The van der Waals surface area contributed by atoms with Gasteiger partial charge in [0.05, 0.1) is 23.5 Å². The molecule has 3 nitrogen and oxygen atoms in total. The van der Waals surface area contributed by atoms with Gasteiger partial charge in [-0.05, 0) is 69.7 Å². The zero-order chi connectivity index (χ0) is 16.6. The molecule has 23 heavy (non-hydrogen) atoms.